The first-order valence-corrected chi connectivity index (χ1v) is 8.38. The van der Waals surface area contributed by atoms with Crippen molar-refractivity contribution in [1.82, 2.24) is 9.13 Å². The highest BCUT2D eigenvalue weighted by Gasteiger charge is 2.25. The zero-order valence-electron chi connectivity index (χ0n) is 14.4. The molecule has 1 aromatic carbocycles. The third-order valence-corrected chi connectivity index (χ3v) is 4.19. The first-order valence-electron chi connectivity index (χ1n) is 8.38. The summed E-state index contributed by atoms with van der Waals surface area (Å²) in [4.78, 5) is 25.4. The number of hydrogen-bond donors (Lipinski definition) is 0. The highest BCUT2D eigenvalue weighted by Crippen LogP contribution is 2.20. The van der Waals surface area contributed by atoms with Gasteiger partial charge in [-0.05, 0) is 51.7 Å². The van der Waals surface area contributed by atoms with Gasteiger partial charge in [0.15, 0.2) is 0 Å². The lowest BCUT2D eigenvalue weighted by Crippen LogP contribution is -2.35. The largest absolute Gasteiger partial charge is 0.443 e. The number of benzene rings is 1. The van der Waals surface area contributed by atoms with Gasteiger partial charge < -0.3 is 9.47 Å². The molecule has 0 unspecified atom stereocenters. The second-order valence-corrected chi connectivity index (χ2v) is 7.25. The summed E-state index contributed by atoms with van der Waals surface area (Å²) in [6, 6.07) is 7.35. The van der Waals surface area contributed by atoms with Crippen molar-refractivity contribution in [1.29, 1.82) is 0 Å². The van der Waals surface area contributed by atoms with Crippen LogP contribution in [0.5, 0.6) is 0 Å². The van der Waals surface area contributed by atoms with Crippen molar-refractivity contribution in [2.24, 2.45) is 5.92 Å². The topological polar surface area (TPSA) is 62.5 Å². The first kappa shape index (κ1) is 16.8. The standard InChI is InChI=1S/C18H24N2O4/c1-18(2,3)24-17(22)20-15-7-5-4-6-14(15)19(16(20)21)12-13-8-10-23-11-9-13/h4-7,13H,8-12H2,1-3H3. The number of para-hydroxylation sites is 2. The summed E-state index contributed by atoms with van der Waals surface area (Å²) in [5.41, 5.74) is 0.362. The second-order valence-electron chi connectivity index (χ2n) is 7.25. The maximum Gasteiger partial charge on any atom is 0.423 e. The predicted octanol–water partition coefficient (Wildman–Crippen LogP) is 3.01. The van der Waals surface area contributed by atoms with Gasteiger partial charge in [0.05, 0.1) is 11.0 Å². The fourth-order valence-corrected chi connectivity index (χ4v) is 3.06. The molecule has 0 bridgehead atoms. The van der Waals surface area contributed by atoms with Crippen LogP contribution in [0, 0.1) is 5.92 Å². The molecule has 1 aliphatic heterocycles. The van der Waals surface area contributed by atoms with Crippen LogP contribution in [-0.2, 0) is 16.0 Å². The number of carbonyl (C=O) groups excluding carboxylic acids is 1. The molecule has 2 heterocycles. The van der Waals surface area contributed by atoms with Crippen molar-refractivity contribution in [3.63, 3.8) is 0 Å². The van der Waals surface area contributed by atoms with Crippen molar-refractivity contribution in [3.8, 4) is 0 Å². The predicted molar refractivity (Wildman–Crippen MR) is 91.4 cm³/mol. The lowest BCUT2D eigenvalue weighted by atomic mass is 10.0. The summed E-state index contributed by atoms with van der Waals surface area (Å²) in [7, 11) is 0. The summed E-state index contributed by atoms with van der Waals surface area (Å²) >= 11 is 0. The molecule has 1 aliphatic rings. The number of ether oxygens (including phenoxy) is 2. The van der Waals surface area contributed by atoms with E-state index in [4.69, 9.17) is 9.47 Å². The van der Waals surface area contributed by atoms with Crippen LogP contribution in [0.4, 0.5) is 4.79 Å². The van der Waals surface area contributed by atoms with E-state index in [9.17, 15) is 9.59 Å². The van der Waals surface area contributed by atoms with Gasteiger partial charge in [0.25, 0.3) is 0 Å². The van der Waals surface area contributed by atoms with Crippen molar-refractivity contribution in [2.45, 2.75) is 45.8 Å². The van der Waals surface area contributed by atoms with E-state index in [1.807, 2.05) is 18.2 Å². The smallest absolute Gasteiger partial charge is 0.423 e. The molecule has 0 radical (unpaired) electrons. The Kier molecular flexibility index (Phi) is 4.49. The lowest BCUT2D eigenvalue weighted by molar-refractivity contribution is 0.0529. The molecule has 0 spiro atoms. The number of fused-ring (bicyclic) bond motifs is 1. The number of carbonyl (C=O) groups is 1. The van der Waals surface area contributed by atoms with Gasteiger partial charge in [-0.15, -0.1) is 0 Å². The molecular weight excluding hydrogens is 308 g/mol. The van der Waals surface area contributed by atoms with Gasteiger partial charge in [0, 0.05) is 19.8 Å². The van der Waals surface area contributed by atoms with Gasteiger partial charge in [-0.25, -0.2) is 9.59 Å². The minimum Gasteiger partial charge on any atom is -0.443 e. The maximum atomic E-state index is 12.9. The molecule has 0 N–H and O–H groups in total. The van der Waals surface area contributed by atoms with E-state index >= 15 is 0 Å². The molecule has 2 aromatic rings. The number of aromatic nitrogens is 2. The minimum absolute atomic E-state index is 0.336. The van der Waals surface area contributed by atoms with E-state index < -0.39 is 11.7 Å². The highest BCUT2D eigenvalue weighted by atomic mass is 16.6. The third kappa shape index (κ3) is 3.38. The molecule has 130 valence electrons. The second kappa shape index (κ2) is 6.43. The molecule has 0 atom stereocenters. The van der Waals surface area contributed by atoms with Crippen LogP contribution in [-0.4, -0.2) is 34.0 Å². The summed E-state index contributed by atoms with van der Waals surface area (Å²) in [5.74, 6) is 0.384. The van der Waals surface area contributed by atoms with Crippen molar-refractivity contribution >= 4 is 17.1 Å². The van der Waals surface area contributed by atoms with E-state index in [1.54, 1.807) is 31.4 Å². The number of rotatable bonds is 2. The quantitative estimate of drug-likeness (QED) is 0.848. The molecular formula is C18H24N2O4. The fourth-order valence-electron chi connectivity index (χ4n) is 3.06. The maximum absolute atomic E-state index is 12.9. The minimum atomic E-state index is -0.652. The van der Waals surface area contributed by atoms with E-state index in [2.05, 4.69) is 0 Å². The Morgan fingerprint density at radius 1 is 1.21 bits per heavy atom. The SMILES string of the molecule is CC(C)(C)OC(=O)n1c(=O)n(CC2CCOCC2)c2ccccc21. The number of nitrogens with zero attached hydrogens (tertiary/aromatic N) is 2. The third-order valence-electron chi connectivity index (χ3n) is 4.19. The Morgan fingerprint density at radius 2 is 1.83 bits per heavy atom. The Bertz CT molecular complexity index is 791. The van der Waals surface area contributed by atoms with Gasteiger partial charge >= 0.3 is 11.8 Å². The first-order chi connectivity index (χ1) is 11.4. The molecule has 0 amide bonds. The highest BCUT2D eigenvalue weighted by molar-refractivity contribution is 5.87. The van der Waals surface area contributed by atoms with Gasteiger partial charge in [0.2, 0.25) is 0 Å². The van der Waals surface area contributed by atoms with Crippen LogP contribution < -0.4 is 5.69 Å². The zero-order chi connectivity index (χ0) is 17.3. The van der Waals surface area contributed by atoms with E-state index in [0.29, 0.717) is 18.0 Å². The Morgan fingerprint density at radius 3 is 2.46 bits per heavy atom. The monoisotopic (exact) mass is 332 g/mol. The van der Waals surface area contributed by atoms with Gasteiger partial charge in [-0.2, -0.15) is 4.57 Å². The van der Waals surface area contributed by atoms with Crippen molar-refractivity contribution in [3.05, 3.63) is 34.7 Å². The van der Waals surface area contributed by atoms with Crippen LogP contribution >= 0.6 is 0 Å². The van der Waals surface area contributed by atoms with Crippen LogP contribution in [0.15, 0.2) is 29.1 Å². The van der Waals surface area contributed by atoms with Crippen LogP contribution in [0.3, 0.4) is 0 Å². The summed E-state index contributed by atoms with van der Waals surface area (Å²) in [5, 5.41) is 0. The van der Waals surface area contributed by atoms with E-state index in [1.165, 1.54) is 0 Å². The molecule has 0 saturated carbocycles. The fraction of sp³-hybridized carbons (Fsp3) is 0.556. The number of hydrogen-bond acceptors (Lipinski definition) is 4. The van der Waals surface area contributed by atoms with Gasteiger partial charge in [-0.3, -0.25) is 4.57 Å². The summed E-state index contributed by atoms with van der Waals surface area (Å²) in [6.45, 7) is 7.41. The summed E-state index contributed by atoms with van der Waals surface area (Å²) in [6.07, 6.45) is 1.23. The van der Waals surface area contributed by atoms with Gasteiger partial charge in [-0.1, -0.05) is 12.1 Å². The average Bonchev–Trinajstić information content (AvgIpc) is 2.79. The summed E-state index contributed by atoms with van der Waals surface area (Å²) < 4.78 is 13.6. The van der Waals surface area contributed by atoms with E-state index in [-0.39, 0.29) is 5.69 Å². The van der Waals surface area contributed by atoms with Crippen LogP contribution in [0.25, 0.3) is 11.0 Å². The molecule has 1 fully saturated rings. The molecule has 1 saturated heterocycles. The van der Waals surface area contributed by atoms with Gasteiger partial charge in [0.1, 0.15) is 5.60 Å². The molecule has 0 aliphatic carbocycles. The zero-order valence-corrected chi connectivity index (χ0v) is 14.4. The normalized spacial score (nSPS) is 16.5. The average molecular weight is 332 g/mol. The molecule has 1 aromatic heterocycles. The lowest BCUT2D eigenvalue weighted by Gasteiger charge is -2.22. The molecule has 24 heavy (non-hydrogen) atoms. The van der Waals surface area contributed by atoms with Crippen LogP contribution in [0.2, 0.25) is 0 Å². The van der Waals surface area contributed by atoms with Crippen LogP contribution in [0.1, 0.15) is 33.6 Å². The van der Waals surface area contributed by atoms with Crippen molar-refractivity contribution in [2.75, 3.05) is 13.2 Å². The molecule has 6 heteroatoms. The Balaban J connectivity index is 2.02. The Labute approximate surface area is 141 Å². The molecule has 6 nitrogen and oxygen atoms in total. The Hall–Kier alpha value is -2.08. The molecule has 3 rings (SSSR count). The van der Waals surface area contributed by atoms with E-state index in [0.717, 1.165) is 36.1 Å². The number of imidazole rings is 1. The van der Waals surface area contributed by atoms with Crippen molar-refractivity contribution < 1.29 is 14.3 Å².